The van der Waals surface area contributed by atoms with E-state index in [0.29, 0.717) is 17.9 Å². The Kier molecular flexibility index (Phi) is 2.58. The first-order valence-electron chi connectivity index (χ1n) is 5.41. The van der Waals surface area contributed by atoms with Gasteiger partial charge in [0.25, 0.3) is 0 Å². The SMILES string of the molecule is CCN(N)C1CC2CCC(C1)C2O. The Balaban J connectivity index is 1.98. The second-order valence-corrected chi connectivity index (χ2v) is 4.54. The van der Waals surface area contributed by atoms with Crippen LogP contribution in [0.4, 0.5) is 0 Å². The Bertz CT molecular complexity index is 172. The van der Waals surface area contributed by atoms with E-state index in [2.05, 4.69) is 6.92 Å². The summed E-state index contributed by atoms with van der Waals surface area (Å²) in [6.45, 7) is 3.01. The maximum Gasteiger partial charge on any atom is 0.0597 e. The number of hydrogen-bond acceptors (Lipinski definition) is 3. The summed E-state index contributed by atoms with van der Waals surface area (Å²) in [5.41, 5.74) is 0. The Morgan fingerprint density at radius 3 is 2.31 bits per heavy atom. The van der Waals surface area contributed by atoms with Gasteiger partial charge >= 0.3 is 0 Å². The highest BCUT2D eigenvalue weighted by atomic mass is 16.3. The molecule has 2 aliphatic carbocycles. The number of rotatable bonds is 2. The van der Waals surface area contributed by atoms with Crippen LogP contribution in [-0.2, 0) is 0 Å². The van der Waals surface area contributed by atoms with Crippen molar-refractivity contribution in [3.63, 3.8) is 0 Å². The van der Waals surface area contributed by atoms with Gasteiger partial charge in [0.15, 0.2) is 0 Å². The fourth-order valence-electron chi connectivity index (χ4n) is 2.99. The zero-order valence-corrected chi connectivity index (χ0v) is 8.32. The maximum absolute atomic E-state index is 9.82. The normalized spacial score (nSPS) is 44.3. The molecule has 2 fully saturated rings. The lowest BCUT2D eigenvalue weighted by molar-refractivity contribution is 0.0165. The van der Waals surface area contributed by atoms with Crippen molar-refractivity contribution in [2.45, 2.75) is 44.8 Å². The summed E-state index contributed by atoms with van der Waals surface area (Å²) in [5, 5.41) is 11.8. The molecular weight excluding hydrogens is 164 g/mol. The van der Waals surface area contributed by atoms with E-state index in [9.17, 15) is 5.11 Å². The van der Waals surface area contributed by atoms with Crippen LogP contribution in [0.15, 0.2) is 0 Å². The fraction of sp³-hybridized carbons (Fsp3) is 1.00. The van der Waals surface area contributed by atoms with Gasteiger partial charge in [-0.3, -0.25) is 5.84 Å². The minimum Gasteiger partial charge on any atom is -0.393 e. The van der Waals surface area contributed by atoms with E-state index in [0.717, 1.165) is 19.4 Å². The van der Waals surface area contributed by atoms with Crippen LogP contribution in [0.5, 0.6) is 0 Å². The molecular formula is C10H20N2O. The third kappa shape index (κ3) is 1.60. The largest absolute Gasteiger partial charge is 0.393 e. The van der Waals surface area contributed by atoms with Crippen molar-refractivity contribution < 1.29 is 5.11 Å². The molecule has 2 bridgehead atoms. The minimum absolute atomic E-state index is 0.0264. The maximum atomic E-state index is 9.82. The van der Waals surface area contributed by atoms with Gasteiger partial charge in [-0.2, -0.15) is 0 Å². The highest BCUT2D eigenvalue weighted by Gasteiger charge is 2.42. The summed E-state index contributed by atoms with van der Waals surface area (Å²) < 4.78 is 0. The molecule has 0 saturated heterocycles. The van der Waals surface area contributed by atoms with Gasteiger partial charge in [0.05, 0.1) is 6.10 Å². The summed E-state index contributed by atoms with van der Waals surface area (Å²) in [5.74, 6) is 6.96. The molecule has 0 radical (unpaired) electrons. The lowest BCUT2D eigenvalue weighted by Gasteiger charge is -2.36. The van der Waals surface area contributed by atoms with Crippen molar-refractivity contribution in [3.05, 3.63) is 0 Å². The number of nitrogens with two attached hydrogens (primary N) is 1. The van der Waals surface area contributed by atoms with Gasteiger partial charge in [-0.05, 0) is 37.5 Å². The molecule has 76 valence electrons. The first-order chi connectivity index (χ1) is 6.22. The van der Waals surface area contributed by atoms with Crippen LogP contribution in [0.1, 0.15) is 32.6 Å². The van der Waals surface area contributed by atoms with Gasteiger partial charge in [0, 0.05) is 12.6 Å². The predicted octanol–water partition coefficient (Wildman–Crippen LogP) is 0.731. The monoisotopic (exact) mass is 184 g/mol. The molecule has 2 saturated carbocycles. The van der Waals surface area contributed by atoms with Crippen LogP contribution >= 0.6 is 0 Å². The van der Waals surface area contributed by atoms with Gasteiger partial charge in [-0.15, -0.1) is 0 Å². The quantitative estimate of drug-likeness (QED) is 0.491. The van der Waals surface area contributed by atoms with Crippen molar-refractivity contribution in [1.82, 2.24) is 5.01 Å². The zero-order valence-electron chi connectivity index (χ0n) is 8.32. The Labute approximate surface area is 79.9 Å². The Hall–Kier alpha value is -0.120. The summed E-state index contributed by atoms with van der Waals surface area (Å²) in [4.78, 5) is 0. The van der Waals surface area contributed by atoms with Crippen molar-refractivity contribution in [1.29, 1.82) is 0 Å². The number of hydrazine groups is 1. The third-order valence-corrected chi connectivity index (χ3v) is 3.86. The van der Waals surface area contributed by atoms with Crippen LogP contribution < -0.4 is 5.84 Å². The molecule has 13 heavy (non-hydrogen) atoms. The first kappa shape index (κ1) is 9.44. The van der Waals surface area contributed by atoms with Crippen LogP contribution in [0.25, 0.3) is 0 Å². The summed E-state index contributed by atoms with van der Waals surface area (Å²) in [6, 6.07) is 0.519. The standard InChI is InChI=1S/C10H20N2O/c1-2-12(11)9-5-7-3-4-8(6-9)10(7)13/h7-10,13H,2-6,11H2,1H3. The van der Waals surface area contributed by atoms with Crippen molar-refractivity contribution >= 4 is 0 Å². The second kappa shape index (κ2) is 3.56. The average Bonchev–Trinajstić information content (AvgIpc) is 2.42. The van der Waals surface area contributed by atoms with E-state index in [-0.39, 0.29) is 6.10 Å². The van der Waals surface area contributed by atoms with Crippen LogP contribution in [-0.4, -0.2) is 28.8 Å². The molecule has 0 heterocycles. The number of fused-ring (bicyclic) bond motifs is 2. The molecule has 3 heteroatoms. The van der Waals surface area contributed by atoms with Crippen molar-refractivity contribution in [2.75, 3.05) is 6.54 Å². The molecule has 0 aromatic carbocycles. The number of aliphatic hydroxyl groups is 1. The van der Waals surface area contributed by atoms with E-state index in [1.54, 1.807) is 0 Å². The van der Waals surface area contributed by atoms with E-state index in [1.165, 1.54) is 12.8 Å². The summed E-state index contributed by atoms with van der Waals surface area (Å²) in [7, 11) is 0. The summed E-state index contributed by atoms with van der Waals surface area (Å²) >= 11 is 0. The molecule has 3 nitrogen and oxygen atoms in total. The van der Waals surface area contributed by atoms with Gasteiger partial charge in [-0.25, -0.2) is 5.01 Å². The first-order valence-corrected chi connectivity index (χ1v) is 5.41. The molecule has 0 aliphatic heterocycles. The number of nitrogens with zero attached hydrogens (tertiary/aromatic N) is 1. The molecule has 0 spiro atoms. The molecule has 2 aliphatic rings. The Morgan fingerprint density at radius 2 is 1.85 bits per heavy atom. The summed E-state index contributed by atoms with van der Waals surface area (Å²) in [6.07, 6.45) is 4.59. The van der Waals surface area contributed by atoms with E-state index < -0.39 is 0 Å². The van der Waals surface area contributed by atoms with Gasteiger partial charge < -0.3 is 5.11 Å². The smallest absolute Gasteiger partial charge is 0.0597 e. The van der Waals surface area contributed by atoms with Gasteiger partial charge in [0.2, 0.25) is 0 Å². The van der Waals surface area contributed by atoms with Crippen LogP contribution in [0.2, 0.25) is 0 Å². The van der Waals surface area contributed by atoms with Crippen molar-refractivity contribution in [3.8, 4) is 0 Å². The molecule has 2 rings (SSSR count). The molecule has 3 N–H and O–H groups in total. The van der Waals surface area contributed by atoms with Crippen molar-refractivity contribution in [2.24, 2.45) is 17.7 Å². The predicted molar refractivity (Wildman–Crippen MR) is 51.8 cm³/mol. The van der Waals surface area contributed by atoms with Gasteiger partial charge in [-0.1, -0.05) is 6.92 Å². The molecule has 0 amide bonds. The average molecular weight is 184 g/mol. The number of aliphatic hydroxyl groups excluding tert-OH is 1. The van der Waals surface area contributed by atoms with Crippen LogP contribution in [0.3, 0.4) is 0 Å². The molecule has 0 aromatic heterocycles. The highest BCUT2D eigenvalue weighted by Crippen LogP contribution is 2.43. The second-order valence-electron chi connectivity index (χ2n) is 4.54. The van der Waals surface area contributed by atoms with E-state index in [4.69, 9.17) is 5.84 Å². The zero-order chi connectivity index (χ0) is 9.42. The highest BCUT2D eigenvalue weighted by molar-refractivity contribution is 4.94. The minimum atomic E-state index is -0.0264. The number of hydrogen-bond donors (Lipinski definition) is 2. The lowest BCUT2D eigenvalue weighted by Crippen LogP contribution is -2.47. The molecule has 2 atom stereocenters. The molecule has 0 aromatic rings. The van der Waals surface area contributed by atoms with Crippen LogP contribution in [0, 0.1) is 11.8 Å². The van der Waals surface area contributed by atoms with Gasteiger partial charge in [0.1, 0.15) is 0 Å². The topological polar surface area (TPSA) is 49.5 Å². The Morgan fingerprint density at radius 1 is 1.31 bits per heavy atom. The van der Waals surface area contributed by atoms with E-state index in [1.807, 2.05) is 5.01 Å². The van der Waals surface area contributed by atoms with E-state index >= 15 is 0 Å². The lowest BCUT2D eigenvalue weighted by atomic mass is 9.83. The molecule has 2 unspecified atom stereocenters. The third-order valence-electron chi connectivity index (χ3n) is 3.86. The fourth-order valence-corrected chi connectivity index (χ4v) is 2.99.